The van der Waals surface area contributed by atoms with Crippen LogP contribution in [0, 0.1) is 0 Å². The molecule has 24 heavy (non-hydrogen) atoms. The molecule has 0 bridgehead atoms. The molecule has 1 aliphatic rings. The van der Waals surface area contributed by atoms with Gasteiger partial charge in [-0.3, -0.25) is 9.69 Å². The van der Waals surface area contributed by atoms with Crippen LogP contribution < -0.4 is 4.90 Å². The quantitative estimate of drug-likeness (QED) is 0.903. The van der Waals surface area contributed by atoms with Crippen LogP contribution in [0.5, 0.6) is 5.75 Å². The van der Waals surface area contributed by atoms with Crippen LogP contribution in [0.1, 0.15) is 4.88 Å². The molecule has 0 aliphatic carbocycles. The van der Waals surface area contributed by atoms with Gasteiger partial charge in [-0.1, -0.05) is 6.07 Å². The summed E-state index contributed by atoms with van der Waals surface area (Å²) in [5, 5.41) is 11.4. The van der Waals surface area contributed by atoms with E-state index in [-0.39, 0.29) is 11.7 Å². The number of benzene rings is 1. The van der Waals surface area contributed by atoms with Gasteiger partial charge in [0.15, 0.2) is 0 Å². The van der Waals surface area contributed by atoms with E-state index >= 15 is 0 Å². The third-order valence-corrected chi connectivity index (χ3v) is 5.12. The van der Waals surface area contributed by atoms with Crippen LogP contribution >= 0.6 is 11.3 Å². The van der Waals surface area contributed by atoms with Crippen LogP contribution in [0.2, 0.25) is 0 Å². The molecule has 1 fully saturated rings. The second-order valence-electron chi connectivity index (χ2n) is 6.14. The lowest BCUT2D eigenvalue weighted by atomic mass is 10.2. The fourth-order valence-electron chi connectivity index (χ4n) is 2.93. The fourth-order valence-corrected chi connectivity index (χ4v) is 3.72. The third-order valence-electron chi connectivity index (χ3n) is 4.26. The Morgan fingerprint density at radius 3 is 2.50 bits per heavy atom. The zero-order valence-electron chi connectivity index (χ0n) is 13.9. The van der Waals surface area contributed by atoms with Crippen molar-refractivity contribution in [1.29, 1.82) is 0 Å². The molecule has 1 aromatic heterocycles. The van der Waals surface area contributed by atoms with Crippen molar-refractivity contribution < 1.29 is 9.90 Å². The number of amides is 1. The van der Waals surface area contributed by atoms with Gasteiger partial charge in [0.2, 0.25) is 5.91 Å². The van der Waals surface area contributed by atoms with Crippen LogP contribution in [0.15, 0.2) is 41.8 Å². The fraction of sp³-hybridized carbons (Fsp3) is 0.389. The number of nitrogens with zero attached hydrogens (tertiary/aromatic N) is 3. The normalized spacial score (nSPS) is 15.1. The van der Waals surface area contributed by atoms with E-state index in [1.807, 2.05) is 30.1 Å². The van der Waals surface area contributed by atoms with Crippen molar-refractivity contribution in [1.82, 2.24) is 9.80 Å². The second-order valence-corrected chi connectivity index (χ2v) is 7.17. The van der Waals surface area contributed by atoms with Gasteiger partial charge in [-0.05, 0) is 42.8 Å². The molecular formula is C18H23N3O2S. The van der Waals surface area contributed by atoms with E-state index in [0.29, 0.717) is 6.54 Å². The molecule has 1 aliphatic heterocycles. The zero-order chi connectivity index (χ0) is 16.9. The van der Waals surface area contributed by atoms with Gasteiger partial charge in [0.05, 0.1) is 6.54 Å². The van der Waals surface area contributed by atoms with Crippen molar-refractivity contribution >= 4 is 22.9 Å². The summed E-state index contributed by atoms with van der Waals surface area (Å²) in [6.07, 6.45) is 0. The first-order valence-corrected chi connectivity index (χ1v) is 9.02. The Morgan fingerprint density at radius 1 is 1.17 bits per heavy atom. The minimum Gasteiger partial charge on any atom is -0.508 e. The lowest BCUT2D eigenvalue weighted by molar-refractivity contribution is -0.132. The summed E-state index contributed by atoms with van der Waals surface area (Å²) >= 11 is 1.72. The van der Waals surface area contributed by atoms with E-state index in [2.05, 4.69) is 21.2 Å². The summed E-state index contributed by atoms with van der Waals surface area (Å²) in [6, 6.07) is 11.4. The Labute approximate surface area is 146 Å². The highest BCUT2D eigenvalue weighted by Crippen LogP contribution is 2.20. The summed E-state index contributed by atoms with van der Waals surface area (Å²) < 4.78 is 0. The standard InChI is InChI=1S/C18H23N3O2S/c1-19(13-17-3-2-12-24-17)14-18(23)21-10-8-20(9-11-21)15-4-6-16(22)7-5-15/h2-7,12,22H,8-11,13-14H2,1H3. The molecule has 0 radical (unpaired) electrons. The van der Waals surface area contributed by atoms with E-state index in [1.165, 1.54) is 4.88 Å². The Kier molecular flexibility index (Phi) is 5.37. The SMILES string of the molecule is CN(CC(=O)N1CCN(c2ccc(O)cc2)CC1)Cc1cccs1. The maximum Gasteiger partial charge on any atom is 0.236 e. The third kappa shape index (κ3) is 4.27. The predicted molar refractivity (Wildman–Crippen MR) is 97.6 cm³/mol. The smallest absolute Gasteiger partial charge is 0.236 e. The van der Waals surface area contributed by atoms with Gasteiger partial charge in [-0.2, -0.15) is 0 Å². The summed E-state index contributed by atoms with van der Waals surface area (Å²) in [7, 11) is 1.99. The summed E-state index contributed by atoms with van der Waals surface area (Å²) in [5.41, 5.74) is 1.09. The van der Waals surface area contributed by atoms with Crippen molar-refractivity contribution in [2.45, 2.75) is 6.54 Å². The molecule has 0 spiro atoms. The molecule has 1 aromatic carbocycles. The maximum absolute atomic E-state index is 12.5. The molecule has 1 saturated heterocycles. The molecular weight excluding hydrogens is 322 g/mol. The number of carbonyl (C=O) groups is 1. The molecule has 1 N–H and O–H groups in total. The molecule has 128 valence electrons. The molecule has 5 nitrogen and oxygen atoms in total. The first-order chi connectivity index (χ1) is 11.6. The van der Waals surface area contributed by atoms with Crippen LogP contribution in [-0.2, 0) is 11.3 Å². The van der Waals surface area contributed by atoms with Crippen LogP contribution in [0.3, 0.4) is 0 Å². The van der Waals surface area contributed by atoms with Gasteiger partial charge < -0.3 is 14.9 Å². The molecule has 2 aromatic rings. The number of hydrogen-bond donors (Lipinski definition) is 1. The highest BCUT2D eigenvalue weighted by Gasteiger charge is 2.22. The Hall–Kier alpha value is -2.05. The Morgan fingerprint density at radius 2 is 1.88 bits per heavy atom. The first-order valence-electron chi connectivity index (χ1n) is 8.14. The number of thiophene rings is 1. The number of phenolic OH excluding ortho intramolecular Hbond substituents is 1. The van der Waals surface area contributed by atoms with Gasteiger partial charge in [0.25, 0.3) is 0 Å². The molecule has 3 rings (SSSR count). The van der Waals surface area contributed by atoms with Crippen LogP contribution in [0.25, 0.3) is 0 Å². The Balaban J connectivity index is 1.47. The first kappa shape index (κ1) is 16.8. The number of rotatable bonds is 5. The van der Waals surface area contributed by atoms with Crippen molar-refractivity contribution in [2.24, 2.45) is 0 Å². The second kappa shape index (κ2) is 7.68. The number of phenols is 1. The molecule has 2 heterocycles. The summed E-state index contributed by atoms with van der Waals surface area (Å²) in [6.45, 7) is 4.41. The number of anilines is 1. The van der Waals surface area contributed by atoms with Crippen LogP contribution in [0.4, 0.5) is 5.69 Å². The maximum atomic E-state index is 12.5. The lowest BCUT2D eigenvalue weighted by Gasteiger charge is -2.36. The van der Waals surface area contributed by atoms with E-state index in [1.54, 1.807) is 23.5 Å². The van der Waals surface area contributed by atoms with Crippen molar-refractivity contribution in [2.75, 3.05) is 44.7 Å². The van der Waals surface area contributed by atoms with E-state index in [9.17, 15) is 9.90 Å². The van der Waals surface area contributed by atoms with Crippen LogP contribution in [-0.4, -0.2) is 60.6 Å². The van der Waals surface area contributed by atoms with Gasteiger partial charge in [0, 0.05) is 43.3 Å². The highest BCUT2D eigenvalue weighted by atomic mass is 32.1. The van der Waals surface area contributed by atoms with E-state index in [0.717, 1.165) is 38.4 Å². The number of piperazine rings is 1. The number of hydrogen-bond acceptors (Lipinski definition) is 5. The van der Waals surface area contributed by atoms with Gasteiger partial charge in [-0.25, -0.2) is 0 Å². The number of likely N-dealkylation sites (N-methyl/N-ethyl adjacent to an activating group) is 1. The van der Waals surface area contributed by atoms with Crippen molar-refractivity contribution in [3.05, 3.63) is 46.7 Å². The monoisotopic (exact) mass is 345 g/mol. The minimum atomic E-state index is 0.194. The van der Waals surface area contributed by atoms with Gasteiger partial charge in [-0.15, -0.1) is 11.3 Å². The highest BCUT2D eigenvalue weighted by molar-refractivity contribution is 7.09. The molecule has 0 unspecified atom stereocenters. The summed E-state index contributed by atoms with van der Waals surface area (Å²) in [5.74, 6) is 0.473. The van der Waals surface area contributed by atoms with Gasteiger partial charge >= 0.3 is 0 Å². The number of aromatic hydroxyl groups is 1. The number of carbonyl (C=O) groups excluding carboxylic acids is 1. The summed E-state index contributed by atoms with van der Waals surface area (Å²) in [4.78, 5) is 20.0. The predicted octanol–water partition coefficient (Wildman–Crippen LogP) is 2.23. The average Bonchev–Trinajstić information content (AvgIpc) is 3.08. The van der Waals surface area contributed by atoms with E-state index < -0.39 is 0 Å². The molecule has 1 amide bonds. The van der Waals surface area contributed by atoms with E-state index in [4.69, 9.17) is 0 Å². The van der Waals surface area contributed by atoms with Gasteiger partial charge in [0.1, 0.15) is 5.75 Å². The Bertz CT molecular complexity index is 649. The molecule has 0 saturated carbocycles. The largest absolute Gasteiger partial charge is 0.508 e. The average molecular weight is 345 g/mol. The molecule has 0 atom stereocenters. The van der Waals surface area contributed by atoms with Crippen molar-refractivity contribution in [3.8, 4) is 5.75 Å². The minimum absolute atomic E-state index is 0.194. The lowest BCUT2D eigenvalue weighted by Crippen LogP contribution is -2.50. The zero-order valence-corrected chi connectivity index (χ0v) is 14.7. The van der Waals surface area contributed by atoms with Crippen molar-refractivity contribution in [3.63, 3.8) is 0 Å². The molecule has 6 heteroatoms. The topological polar surface area (TPSA) is 47.0 Å².